The van der Waals surface area contributed by atoms with Crippen LogP contribution in [0.1, 0.15) is 31.7 Å². The molecular weight excluding hydrogens is 322 g/mol. The molecule has 1 aromatic rings. The summed E-state index contributed by atoms with van der Waals surface area (Å²) >= 11 is 0. The van der Waals surface area contributed by atoms with Crippen molar-refractivity contribution < 1.29 is 23.8 Å². The van der Waals surface area contributed by atoms with Crippen molar-refractivity contribution in [1.82, 2.24) is 0 Å². The first-order valence-corrected chi connectivity index (χ1v) is 8.84. The van der Waals surface area contributed by atoms with E-state index in [1.54, 1.807) is 6.92 Å². The van der Waals surface area contributed by atoms with Crippen LogP contribution in [0.3, 0.4) is 0 Å². The van der Waals surface area contributed by atoms with Crippen molar-refractivity contribution in [2.24, 2.45) is 0 Å². The van der Waals surface area contributed by atoms with Gasteiger partial charge in [0.05, 0.1) is 19.8 Å². The molecule has 0 bridgehead atoms. The Morgan fingerprint density at radius 3 is 2.84 bits per heavy atom. The molecular formula is C19H25NO5. The topological polar surface area (TPSA) is 65.1 Å². The normalized spacial score (nSPS) is 23.8. The number of nitrogens with zero attached hydrogens (tertiary/aromatic N) is 1. The van der Waals surface area contributed by atoms with Gasteiger partial charge in [-0.15, -0.1) is 0 Å². The van der Waals surface area contributed by atoms with Gasteiger partial charge in [-0.05, 0) is 37.8 Å². The fourth-order valence-corrected chi connectivity index (χ4v) is 3.44. The Morgan fingerprint density at radius 2 is 2.12 bits per heavy atom. The third-order valence-corrected chi connectivity index (χ3v) is 4.84. The van der Waals surface area contributed by atoms with Crippen LogP contribution >= 0.6 is 0 Å². The van der Waals surface area contributed by atoms with E-state index in [1.807, 2.05) is 24.3 Å². The van der Waals surface area contributed by atoms with Gasteiger partial charge in [-0.1, -0.05) is 18.2 Å². The maximum absolute atomic E-state index is 13.0. The van der Waals surface area contributed by atoms with E-state index in [-0.39, 0.29) is 12.0 Å². The van der Waals surface area contributed by atoms with Crippen molar-refractivity contribution in [3.8, 4) is 0 Å². The third kappa shape index (κ3) is 3.85. The van der Waals surface area contributed by atoms with Gasteiger partial charge in [0.1, 0.15) is 12.1 Å². The monoisotopic (exact) mass is 347 g/mol. The Labute approximate surface area is 148 Å². The van der Waals surface area contributed by atoms with Crippen molar-refractivity contribution in [3.63, 3.8) is 0 Å². The van der Waals surface area contributed by atoms with Gasteiger partial charge in [0.25, 0.3) is 5.91 Å². The predicted molar refractivity (Wildman–Crippen MR) is 92.4 cm³/mol. The molecule has 3 atom stereocenters. The molecule has 0 radical (unpaired) electrons. The van der Waals surface area contributed by atoms with Gasteiger partial charge in [-0.25, -0.2) is 4.79 Å². The molecule has 2 aliphatic heterocycles. The molecule has 6 heteroatoms. The van der Waals surface area contributed by atoms with Gasteiger partial charge >= 0.3 is 5.97 Å². The van der Waals surface area contributed by atoms with Crippen molar-refractivity contribution in [2.75, 3.05) is 25.2 Å². The molecule has 136 valence electrons. The fourth-order valence-electron chi connectivity index (χ4n) is 3.44. The number of para-hydroxylation sites is 1. The highest BCUT2D eigenvalue weighted by Gasteiger charge is 2.40. The molecule has 1 aromatic carbocycles. The van der Waals surface area contributed by atoms with Crippen molar-refractivity contribution in [2.45, 2.75) is 50.9 Å². The van der Waals surface area contributed by atoms with Crippen LogP contribution < -0.4 is 4.90 Å². The van der Waals surface area contributed by atoms with Gasteiger partial charge in [0, 0.05) is 18.7 Å². The van der Waals surface area contributed by atoms with Gasteiger partial charge in [0.2, 0.25) is 0 Å². The molecule has 3 rings (SSSR count). The average Bonchev–Trinajstić information content (AvgIpc) is 3.05. The molecule has 0 spiro atoms. The second-order valence-corrected chi connectivity index (χ2v) is 6.54. The zero-order chi connectivity index (χ0) is 17.8. The Balaban J connectivity index is 1.70. The molecule has 0 saturated carbocycles. The summed E-state index contributed by atoms with van der Waals surface area (Å²) in [7, 11) is 1.34. The summed E-state index contributed by atoms with van der Waals surface area (Å²) in [6, 6.07) is 6.92. The smallest absolute Gasteiger partial charge is 0.329 e. The number of amides is 1. The van der Waals surface area contributed by atoms with Crippen LogP contribution in [0.4, 0.5) is 5.69 Å². The van der Waals surface area contributed by atoms with Crippen LogP contribution in [0.2, 0.25) is 0 Å². The van der Waals surface area contributed by atoms with E-state index in [9.17, 15) is 9.59 Å². The van der Waals surface area contributed by atoms with Gasteiger partial charge in [0.15, 0.2) is 0 Å². The van der Waals surface area contributed by atoms with Crippen molar-refractivity contribution in [3.05, 3.63) is 29.8 Å². The lowest BCUT2D eigenvalue weighted by atomic mass is 10.1. The highest BCUT2D eigenvalue weighted by Crippen LogP contribution is 2.33. The first-order valence-electron chi connectivity index (χ1n) is 8.84. The first kappa shape index (κ1) is 17.9. The minimum atomic E-state index is -0.649. The van der Waals surface area contributed by atoms with E-state index in [0.29, 0.717) is 13.0 Å². The van der Waals surface area contributed by atoms with Crippen molar-refractivity contribution in [1.29, 1.82) is 0 Å². The summed E-state index contributed by atoms with van der Waals surface area (Å²) in [6.45, 7) is 2.87. The quantitative estimate of drug-likeness (QED) is 0.763. The van der Waals surface area contributed by atoms with E-state index in [0.717, 1.165) is 37.1 Å². The Bertz CT molecular complexity index is 626. The van der Waals surface area contributed by atoms with Crippen molar-refractivity contribution >= 4 is 17.6 Å². The van der Waals surface area contributed by atoms with Crippen LogP contribution in [0.5, 0.6) is 0 Å². The predicted octanol–water partition coefficient (Wildman–Crippen LogP) is 2.09. The minimum absolute atomic E-state index is 0.0475. The lowest BCUT2D eigenvalue weighted by Gasteiger charge is -2.28. The second kappa shape index (κ2) is 7.97. The van der Waals surface area contributed by atoms with Crippen LogP contribution in [-0.2, 0) is 30.2 Å². The second-order valence-electron chi connectivity index (χ2n) is 6.54. The lowest BCUT2D eigenvalue weighted by Crippen LogP contribution is -2.48. The van der Waals surface area contributed by atoms with E-state index >= 15 is 0 Å². The zero-order valence-corrected chi connectivity index (χ0v) is 14.8. The van der Waals surface area contributed by atoms with Crippen LogP contribution in [0.25, 0.3) is 0 Å². The number of carbonyl (C=O) groups is 2. The first-order chi connectivity index (χ1) is 12.1. The number of fused-ring (bicyclic) bond motifs is 1. The Kier molecular flexibility index (Phi) is 5.71. The van der Waals surface area contributed by atoms with Crippen LogP contribution in [0, 0.1) is 0 Å². The molecule has 1 fully saturated rings. The van der Waals surface area contributed by atoms with Crippen LogP contribution in [-0.4, -0.2) is 50.4 Å². The third-order valence-electron chi connectivity index (χ3n) is 4.84. The number of carbonyl (C=O) groups excluding carboxylic acids is 2. The number of methoxy groups -OCH3 is 1. The lowest BCUT2D eigenvalue weighted by molar-refractivity contribution is -0.145. The summed E-state index contributed by atoms with van der Waals surface area (Å²) in [5, 5.41) is 0. The minimum Gasteiger partial charge on any atom is -0.467 e. The maximum Gasteiger partial charge on any atom is 0.329 e. The molecule has 0 N–H and O–H groups in total. The summed E-state index contributed by atoms with van der Waals surface area (Å²) in [6.07, 6.45) is 3.03. The fraction of sp³-hybridized carbons (Fsp3) is 0.579. The number of ether oxygens (including phenoxy) is 3. The summed E-state index contributed by atoms with van der Waals surface area (Å²) in [5.41, 5.74) is 1.72. The number of anilines is 1. The zero-order valence-electron chi connectivity index (χ0n) is 14.8. The van der Waals surface area contributed by atoms with E-state index in [2.05, 4.69) is 0 Å². The molecule has 1 saturated heterocycles. The average molecular weight is 347 g/mol. The standard InChI is InChI=1S/C19H25NO5/c1-13(25-12-15-8-5-6-10-24-15)18(21)20-16-9-4-3-7-14(16)11-17(20)19(22)23-2/h3-4,7,9,13,15,17H,5-6,8,10-12H2,1-2H3/t13-,15-,17+/m1/s1. The van der Waals surface area contributed by atoms with Gasteiger partial charge in [-0.2, -0.15) is 0 Å². The molecule has 0 aromatic heterocycles. The molecule has 2 heterocycles. The molecule has 6 nitrogen and oxygen atoms in total. The van der Waals surface area contributed by atoms with E-state index in [4.69, 9.17) is 14.2 Å². The highest BCUT2D eigenvalue weighted by molar-refractivity contribution is 6.04. The maximum atomic E-state index is 13.0. The molecule has 25 heavy (non-hydrogen) atoms. The Morgan fingerprint density at radius 1 is 1.32 bits per heavy atom. The van der Waals surface area contributed by atoms with E-state index < -0.39 is 18.1 Å². The SMILES string of the molecule is COC(=O)[C@@H]1Cc2ccccc2N1C(=O)[C@@H](C)OC[C@H]1CCCCO1. The summed E-state index contributed by atoms with van der Waals surface area (Å²) in [5.74, 6) is -0.636. The number of benzene rings is 1. The highest BCUT2D eigenvalue weighted by atomic mass is 16.5. The van der Waals surface area contributed by atoms with Gasteiger partial charge < -0.3 is 14.2 Å². The molecule has 2 aliphatic rings. The molecule has 0 aliphatic carbocycles. The summed E-state index contributed by atoms with van der Waals surface area (Å²) in [4.78, 5) is 26.6. The molecule has 1 amide bonds. The number of esters is 1. The number of hydrogen-bond donors (Lipinski definition) is 0. The van der Waals surface area contributed by atoms with E-state index in [1.165, 1.54) is 12.0 Å². The van der Waals surface area contributed by atoms with Gasteiger partial charge in [-0.3, -0.25) is 9.69 Å². The Hall–Kier alpha value is -1.92. The number of hydrogen-bond acceptors (Lipinski definition) is 5. The molecule has 0 unspecified atom stereocenters. The summed E-state index contributed by atoms with van der Waals surface area (Å²) < 4.78 is 16.3. The van der Waals surface area contributed by atoms with Crippen LogP contribution in [0.15, 0.2) is 24.3 Å². The largest absolute Gasteiger partial charge is 0.467 e. The number of rotatable bonds is 5.